The van der Waals surface area contributed by atoms with Gasteiger partial charge in [0.25, 0.3) is 5.91 Å². The van der Waals surface area contributed by atoms with Gasteiger partial charge < -0.3 is 19.1 Å². The summed E-state index contributed by atoms with van der Waals surface area (Å²) in [5.41, 5.74) is 2.79. The van der Waals surface area contributed by atoms with Gasteiger partial charge in [0.15, 0.2) is 12.5 Å². The average Bonchev–Trinajstić information content (AvgIpc) is 2.54. The minimum Gasteiger partial charge on any atom is -0.346 e. The maximum atomic E-state index is 12.2. The number of nitrogens with zero attached hydrogens (tertiary/aromatic N) is 1. The van der Waals surface area contributed by atoms with Gasteiger partial charge >= 0.3 is 0 Å². The van der Waals surface area contributed by atoms with Crippen LogP contribution in [0.2, 0.25) is 0 Å². The topological polar surface area (TPSA) is 48.0 Å². The van der Waals surface area contributed by atoms with E-state index in [1.54, 1.807) is 4.90 Å². The summed E-state index contributed by atoms with van der Waals surface area (Å²) in [6, 6.07) is 9.84. The summed E-state index contributed by atoms with van der Waals surface area (Å²) in [5.74, 6) is 0.0646. The molecular weight excluding hydrogens is 282 g/mol. The molecule has 1 aromatic carbocycles. The molecule has 4 atom stereocenters. The van der Waals surface area contributed by atoms with Crippen LogP contribution in [0.1, 0.15) is 25.7 Å². The molecule has 0 unspecified atom stereocenters. The Hall–Kier alpha value is -1.69. The van der Waals surface area contributed by atoms with E-state index in [0.717, 1.165) is 16.7 Å². The molecule has 0 spiro atoms. The van der Waals surface area contributed by atoms with Crippen molar-refractivity contribution in [3.05, 3.63) is 47.0 Å². The molecule has 22 heavy (non-hydrogen) atoms. The van der Waals surface area contributed by atoms with Crippen molar-refractivity contribution in [3.63, 3.8) is 0 Å². The summed E-state index contributed by atoms with van der Waals surface area (Å²) < 4.78 is 17.8. The lowest BCUT2D eigenvalue weighted by atomic mass is 9.94. The van der Waals surface area contributed by atoms with Gasteiger partial charge in [-0.05, 0) is 13.8 Å². The van der Waals surface area contributed by atoms with E-state index >= 15 is 0 Å². The molecule has 1 aromatic rings. The number of rotatable bonds is 1. The fourth-order valence-electron chi connectivity index (χ4n) is 3.24. The molecule has 0 bridgehead atoms. The summed E-state index contributed by atoms with van der Waals surface area (Å²) in [5, 5.41) is 0. The number of hydrogen-bond acceptors (Lipinski definition) is 4. The van der Waals surface area contributed by atoms with Gasteiger partial charge in [0, 0.05) is 5.56 Å². The quantitative estimate of drug-likeness (QED) is 0.588. The summed E-state index contributed by atoms with van der Waals surface area (Å²) in [4.78, 5) is 13.9. The molecular formula is C17H19NO4. The number of fused-ring (bicyclic) bond motifs is 2. The van der Waals surface area contributed by atoms with Crippen LogP contribution in [0.5, 0.6) is 0 Å². The highest BCUT2D eigenvalue weighted by Gasteiger charge is 2.52. The molecule has 0 radical (unpaired) electrons. The molecule has 0 aliphatic carbocycles. The number of ether oxygens (including phenoxy) is 3. The van der Waals surface area contributed by atoms with E-state index in [-0.39, 0.29) is 30.6 Å². The first-order valence-corrected chi connectivity index (χ1v) is 7.61. The van der Waals surface area contributed by atoms with Crippen molar-refractivity contribution in [2.24, 2.45) is 0 Å². The summed E-state index contributed by atoms with van der Waals surface area (Å²) in [6.45, 7) is 4.94. The maximum Gasteiger partial charge on any atom is 0.256 e. The van der Waals surface area contributed by atoms with Crippen LogP contribution in [-0.4, -0.2) is 42.4 Å². The van der Waals surface area contributed by atoms with Crippen molar-refractivity contribution >= 4 is 5.91 Å². The molecule has 3 heterocycles. The minimum absolute atomic E-state index is 0.0646. The first-order chi connectivity index (χ1) is 10.6. The molecule has 5 nitrogen and oxygen atoms in total. The van der Waals surface area contributed by atoms with Crippen molar-refractivity contribution in [3.8, 4) is 0 Å². The van der Waals surface area contributed by atoms with Crippen LogP contribution in [0.4, 0.5) is 0 Å². The van der Waals surface area contributed by atoms with E-state index in [4.69, 9.17) is 14.2 Å². The molecule has 3 aliphatic heterocycles. The van der Waals surface area contributed by atoms with Crippen molar-refractivity contribution in [1.29, 1.82) is 0 Å². The second-order valence-electron chi connectivity index (χ2n) is 6.15. The van der Waals surface area contributed by atoms with Gasteiger partial charge in [-0.2, -0.15) is 0 Å². The van der Waals surface area contributed by atoms with Crippen LogP contribution in [0, 0.1) is 0 Å². The van der Waals surface area contributed by atoms with Gasteiger partial charge in [0.1, 0.15) is 12.2 Å². The van der Waals surface area contributed by atoms with Gasteiger partial charge in [-0.15, -0.1) is 0 Å². The predicted octanol–water partition coefficient (Wildman–Crippen LogP) is 2.00. The van der Waals surface area contributed by atoms with Gasteiger partial charge in [-0.3, -0.25) is 4.79 Å². The third-order valence-electron chi connectivity index (χ3n) is 4.44. The number of carbonyl (C=O) groups excluding carboxylic acids is 1. The number of carbonyl (C=O) groups is 1. The summed E-state index contributed by atoms with van der Waals surface area (Å²) in [6.07, 6.45) is -0.873. The number of β-lactam (4-membered cyclic amide) rings is 1. The molecule has 116 valence electrons. The SMILES string of the molecule is CC(C)=C1C(=O)N2C[C@@H]3O[C@H](c4ccccc4)OC[C@H]3O[C@H]12. The van der Waals surface area contributed by atoms with E-state index < -0.39 is 0 Å². The normalized spacial score (nSPS) is 33.8. The molecule has 3 aliphatic rings. The van der Waals surface area contributed by atoms with E-state index in [2.05, 4.69) is 0 Å². The van der Waals surface area contributed by atoms with E-state index in [1.807, 2.05) is 44.2 Å². The van der Waals surface area contributed by atoms with Crippen LogP contribution in [0.3, 0.4) is 0 Å². The Labute approximate surface area is 129 Å². The predicted molar refractivity (Wildman–Crippen MR) is 78.8 cm³/mol. The standard InChI is InChI=1S/C17H19NO4/c1-10(2)14-15(19)18-8-12-13(21-16(14)18)9-20-17(22-12)11-6-4-3-5-7-11/h3-7,12-13,16-17H,8-9H2,1-2H3/t12-,13+,16+,17+/m0/s1. The first kappa shape index (κ1) is 13.9. The van der Waals surface area contributed by atoms with Crippen molar-refractivity contribution < 1.29 is 19.0 Å². The molecule has 0 saturated carbocycles. The second kappa shape index (κ2) is 5.19. The van der Waals surface area contributed by atoms with E-state index in [0.29, 0.717) is 13.2 Å². The Morgan fingerprint density at radius 3 is 2.64 bits per heavy atom. The van der Waals surface area contributed by atoms with Crippen molar-refractivity contribution in [1.82, 2.24) is 4.90 Å². The molecule has 0 aromatic heterocycles. The van der Waals surface area contributed by atoms with Gasteiger partial charge in [-0.25, -0.2) is 0 Å². The third-order valence-corrected chi connectivity index (χ3v) is 4.44. The Morgan fingerprint density at radius 1 is 1.14 bits per heavy atom. The zero-order chi connectivity index (χ0) is 15.3. The molecule has 3 saturated heterocycles. The maximum absolute atomic E-state index is 12.2. The van der Waals surface area contributed by atoms with Crippen LogP contribution in [-0.2, 0) is 19.0 Å². The molecule has 3 fully saturated rings. The Kier molecular flexibility index (Phi) is 3.29. The van der Waals surface area contributed by atoms with Crippen molar-refractivity contribution in [2.75, 3.05) is 13.2 Å². The fraction of sp³-hybridized carbons (Fsp3) is 0.471. The first-order valence-electron chi connectivity index (χ1n) is 7.61. The lowest BCUT2D eigenvalue weighted by Crippen LogP contribution is -2.67. The monoisotopic (exact) mass is 301 g/mol. The van der Waals surface area contributed by atoms with Gasteiger partial charge in [0.2, 0.25) is 0 Å². The second-order valence-corrected chi connectivity index (χ2v) is 6.15. The van der Waals surface area contributed by atoms with Crippen molar-refractivity contribution in [2.45, 2.75) is 38.6 Å². The average molecular weight is 301 g/mol. The smallest absolute Gasteiger partial charge is 0.256 e. The molecule has 1 amide bonds. The number of benzene rings is 1. The highest BCUT2D eigenvalue weighted by atomic mass is 16.7. The highest BCUT2D eigenvalue weighted by molar-refractivity contribution is 6.02. The summed E-state index contributed by atoms with van der Waals surface area (Å²) in [7, 11) is 0. The van der Waals surface area contributed by atoms with Gasteiger partial charge in [-0.1, -0.05) is 35.9 Å². The van der Waals surface area contributed by atoms with Crippen LogP contribution in [0.25, 0.3) is 0 Å². The van der Waals surface area contributed by atoms with Crippen LogP contribution < -0.4 is 0 Å². The zero-order valence-electron chi connectivity index (χ0n) is 12.7. The van der Waals surface area contributed by atoms with E-state index in [1.165, 1.54) is 0 Å². The Balaban J connectivity index is 1.50. The Morgan fingerprint density at radius 2 is 1.91 bits per heavy atom. The lowest BCUT2D eigenvalue weighted by molar-refractivity contribution is -0.307. The zero-order valence-corrected chi connectivity index (χ0v) is 12.7. The number of allylic oxidation sites excluding steroid dienone is 1. The molecule has 0 N–H and O–H groups in total. The number of hydrogen-bond donors (Lipinski definition) is 0. The third kappa shape index (κ3) is 2.08. The van der Waals surface area contributed by atoms with Gasteiger partial charge in [0.05, 0.1) is 18.7 Å². The summed E-state index contributed by atoms with van der Waals surface area (Å²) >= 11 is 0. The van der Waals surface area contributed by atoms with Crippen LogP contribution in [0.15, 0.2) is 41.5 Å². The van der Waals surface area contributed by atoms with Crippen LogP contribution >= 0.6 is 0 Å². The fourth-order valence-corrected chi connectivity index (χ4v) is 3.24. The molecule has 4 rings (SSSR count). The lowest BCUT2D eigenvalue weighted by Gasteiger charge is -2.52. The van der Waals surface area contributed by atoms with E-state index in [9.17, 15) is 4.79 Å². The largest absolute Gasteiger partial charge is 0.346 e. The Bertz CT molecular complexity index is 623. The number of amides is 1. The highest BCUT2D eigenvalue weighted by Crippen LogP contribution is 2.39. The molecule has 5 heteroatoms. The minimum atomic E-state index is -0.387.